The van der Waals surface area contributed by atoms with Crippen molar-refractivity contribution in [2.75, 3.05) is 25.2 Å². The number of ether oxygens (including phenoxy) is 1. The number of halogens is 3. The molecule has 1 aromatic heterocycles. The van der Waals surface area contributed by atoms with Gasteiger partial charge in [-0.25, -0.2) is 4.98 Å². The predicted octanol–water partition coefficient (Wildman–Crippen LogP) is 3.81. The van der Waals surface area contributed by atoms with Crippen molar-refractivity contribution in [3.05, 3.63) is 21.2 Å². The molecule has 1 saturated carbocycles. The van der Waals surface area contributed by atoms with Crippen LogP contribution in [0, 0.1) is 5.92 Å². The zero-order chi connectivity index (χ0) is 18.1. The highest BCUT2D eigenvalue weighted by Gasteiger charge is 2.45. The van der Waals surface area contributed by atoms with E-state index in [1.165, 1.54) is 0 Å². The lowest BCUT2D eigenvalue weighted by Crippen LogP contribution is -2.47. The Morgan fingerprint density at radius 3 is 2.88 bits per heavy atom. The molecule has 0 aromatic carbocycles. The second-order valence-electron chi connectivity index (χ2n) is 6.93. The molecule has 0 radical (unpaired) electrons. The minimum absolute atomic E-state index is 0.0145. The van der Waals surface area contributed by atoms with E-state index >= 15 is 0 Å². The molecular weight excluding hydrogens is 429 g/mol. The Bertz CT molecular complexity index is 672. The highest BCUT2D eigenvalue weighted by molar-refractivity contribution is 9.10. The highest BCUT2D eigenvalue weighted by Crippen LogP contribution is 2.41. The second kappa shape index (κ2) is 8.15. The first kappa shape index (κ1) is 19.5. The van der Waals surface area contributed by atoms with Crippen LogP contribution in [-0.4, -0.2) is 46.6 Å². The van der Waals surface area contributed by atoms with E-state index in [4.69, 9.17) is 27.9 Å². The molecule has 0 amide bonds. The van der Waals surface area contributed by atoms with E-state index in [1.807, 2.05) is 6.92 Å². The van der Waals surface area contributed by atoms with Gasteiger partial charge in [0.05, 0.1) is 18.0 Å². The van der Waals surface area contributed by atoms with Crippen LogP contribution in [0.5, 0.6) is 0 Å². The van der Waals surface area contributed by atoms with Crippen LogP contribution >= 0.6 is 39.1 Å². The van der Waals surface area contributed by atoms with Gasteiger partial charge in [-0.3, -0.25) is 4.79 Å². The van der Waals surface area contributed by atoms with E-state index < -0.39 is 0 Å². The quantitative estimate of drug-likeness (QED) is 0.637. The van der Waals surface area contributed by atoms with E-state index in [9.17, 15) is 4.79 Å². The Labute approximate surface area is 166 Å². The van der Waals surface area contributed by atoms with Crippen molar-refractivity contribution in [2.45, 2.75) is 55.4 Å². The average Bonchev–Trinajstić information content (AvgIpc) is 2.98. The number of hydrogen-bond donors (Lipinski definition) is 0. The Hall–Kier alpha value is -0.300. The molecule has 1 aliphatic heterocycles. The molecule has 1 saturated heterocycles. The zero-order valence-corrected chi connectivity index (χ0v) is 17.6. The fraction of sp³-hybridized carbons (Fsp3) is 0.765. The van der Waals surface area contributed by atoms with Crippen molar-refractivity contribution in [3.63, 3.8) is 0 Å². The van der Waals surface area contributed by atoms with Crippen LogP contribution in [0.4, 0.5) is 5.82 Å². The number of anilines is 1. The number of hydrogen-bond acceptors (Lipinski definition) is 4. The largest absolute Gasteiger partial charge is 0.383 e. The molecule has 0 bridgehead atoms. The number of nitrogens with zero attached hydrogens (tertiary/aromatic N) is 3. The molecule has 2 heterocycles. The molecule has 0 spiro atoms. The predicted molar refractivity (Wildman–Crippen MR) is 105 cm³/mol. The lowest BCUT2D eigenvalue weighted by atomic mass is 9.84. The Morgan fingerprint density at radius 1 is 1.44 bits per heavy atom. The number of alkyl halides is 2. The summed E-state index contributed by atoms with van der Waals surface area (Å²) in [5.74, 6) is 0.906. The molecular formula is C17H24BrCl2N3O2. The zero-order valence-electron chi connectivity index (χ0n) is 14.5. The fourth-order valence-electron chi connectivity index (χ4n) is 4.19. The van der Waals surface area contributed by atoms with Gasteiger partial charge in [0.15, 0.2) is 5.82 Å². The van der Waals surface area contributed by atoms with Crippen molar-refractivity contribution < 1.29 is 4.74 Å². The topological polar surface area (TPSA) is 47.4 Å². The van der Waals surface area contributed by atoms with Gasteiger partial charge in [0.1, 0.15) is 4.60 Å². The lowest BCUT2D eigenvalue weighted by Gasteiger charge is -2.37. The van der Waals surface area contributed by atoms with E-state index in [2.05, 4.69) is 25.8 Å². The highest BCUT2D eigenvalue weighted by atomic mass is 79.9. The van der Waals surface area contributed by atoms with Crippen LogP contribution in [-0.2, 0) is 4.74 Å². The number of methoxy groups -OCH3 is 1. The van der Waals surface area contributed by atoms with Gasteiger partial charge in [-0.1, -0.05) is 6.92 Å². The standard InChI is InChI=1S/C17H24BrCl2N3O2/c1-3-12(9-25-2)23-8-14(18)21-16(17(23)24)22-5-4-10-6-11(19)7-13(20)15(10)22/h8,10-13,15H,3-7,9H2,1-2H3/t10?,11?,12-,13?,15-/m0/s1. The van der Waals surface area contributed by atoms with E-state index in [-0.39, 0.29) is 28.4 Å². The Kier molecular flexibility index (Phi) is 6.35. The molecule has 2 aliphatic rings. The van der Waals surface area contributed by atoms with Crippen molar-refractivity contribution in [3.8, 4) is 0 Å². The van der Waals surface area contributed by atoms with Gasteiger partial charge in [-0.05, 0) is 47.5 Å². The molecule has 8 heteroatoms. The summed E-state index contributed by atoms with van der Waals surface area (Å²) in [4.78, 5) is 19.8. The third-order valence-corrected chi connectivity index (χ3v) is 6.55. The minimum atomic E-state index is -0.0791. The normalized spacial score (nSPS) is 30.4. The SMILES string of the molecule is CC[C@@H](COC)n1cc(Br)nc(N2CCC3CC(Cl)CC(Cl)[C@H]32)c1=O. The molecule has 140 valence electrons. The van der Waals surface area contributed by atoms with Crippen molar-refractivity contribution >= 4 is 44.9 Å². The maximum Gasteiger partial charge on any atom is 0.293 e. The summed E-state index contributed by atoms with van der Waals surface area (Å²) in [6, 6.07) is 0.112. The first-order valence-electron chi connectivity index (χ1n) is 8.78. The van der Waals surface area contributed by atoms with Gasteiger partial charge in [0.25, 0.3) is 5.56 Å². The van der Waals surface area contributed by atoms with Crippen LogP contribution in [0.2, 0.25) is 0 Å². The van der Waals surface area contributed by atoms with Crippen molar-refractivity contribution in [1.29, 1.82) is 0 Å². The molecule has 3 rings (SSSR count). The molecule has 2 fully saturated rings. The molecule has 1 aliphatic carbocycles. The minimum Gasteiger partial charge on any atom is -0.383 e. The molecule has 3 unspecified atom stereocenters. The third-order valence-electron chi connectivity index (χ3n) is 5.37. The first-order valence-corrected chi connectivity index (χ1v) is 10.4. The first-order chi connectivity index (χ1) is 12.0. The van der Waals surface area contributed by atoms with Crippen LogP contribution < -0.4 is 10.5 Å². The number of fused-ring (bicyclic) bond motifs is 1. The smallest absolute Gasteiger partial charge is 0.293 e. The van der Waals surface area contributed by atoms with Gasteiger partial charge in [-0.2, -0.15) is 0 Å². The summed E-state index contributed by atoms with van der Waals surface area (Å²) in [5, 5.41) is 0.0698. The maximum absolute atomic E-state index is 13.1. The van der Waals surface area contributed by atoms with Gasteiger partial charge in [0, 0.05) is 31.3 Å². The second-order valence-corrected chi connectivity index (χ2v) is 8.92. The van der Waals surface area contributed by atoms with Crippen molar-refractivity contribution in [2.24, 2.45) is 5.92 Å². The van der Waals surface area contributed by atoms with Gasteiger partial charge < -0.3 is 14.2 Å². The van der Waals surface area contributed by atoms with Crippen LogP contribution in [0.15, 0.2) is 15.6 Å². The van der Waals surface area contributed by atoms with E-state index in [1.54, 1.807) is 17.9 Å². The Balaban J connectivity index is 1.97. The third kappa shape index (κ3) is 3.87. The van der Waals surface area contributed by atoms with E-state index in [0.29, 0.717) is 22.9 Å². The maximum atomic E-state index is 13.1. The summed E-state index contributed by atoms with van der Waals surface area (Å²) >= 11 is 16.4. The van der Waals surface area contributed by atoms with Gasteiger partial charge >= 0.3 is 0 Å². The monoisotopic (exact) mass is 451 g/mol. The number of aromatic nitrogens is 2. The molecule has 1 aromatic rings. The molecule has 0 N–H and O–H groups in total. The average molecular weight is 453 g/mol. The van der Waals surface area contributed by atoms with E-state index in [0.717, 1.165) is 32.2 Å². The van der Waals surface area contributed by atoms with Crippen molar-refractivity contribution in [1.82, 2.24) is 9.55 Å². The summed E-state index contributed by atoms with van der Waals surface area (Å²) in [6.45, 7) is 3.33. The summed E-state index contributed by atoms with van der Waals surface area (Å²) in [6.07, 6.45) is 5.28. The summed E-state index contributed by atoms with van der Waals surface area (Å²) < 4.78 is 7.67. The van der Waals surface area contributed by atoms with Crippen LogP contribution in [0.1, 0.15) is 38.6 Å². The molecule has 5 nitrogen and oxygen atoms in total. The fourth-order valence-corrected chi connectivity index (χ4v) is 5.65. The summed E-state index contributed by atoms with van der Waals surface area (Å²) in [5.41, 5.74) is -0.0791. The van der Waals surface area contributed by atoms with Crippen LogP contribution in [0.3, 0.4) is 0 Å². The Morgan fingerprint density at radius 2 is 2.20 bits per heavy atom. The number of rotatable bonds is 5. The van der Waals surface area contributed by atoms with Gasteiger partial charge in [-0.15, -0.1) is 23.2 Å². The van der Waals surface area contributed by atoms with Gasteiger partial charge in [0.2, 0.25) is 0 Å². The van der Waals surface area contributed by atoms with Crippen LogP contribution in [0.25, 0.3) is 0 Å². The lowest BCUT2D eigenvalue weighted by molar-refractivity contribution is 0.151. The molecule has 25 heavy (non-hydrogen) atoms. The summed E-state index contributed by atoms with van der Waals surface area (Å²) in [7, 11) is 1.65. The molecule has 5 atom stereocenters.